The number of hydrogen-bond acceptors (Lipinski definition) is 5. The van der Waals surface area contributed by atoms with E-state index in [0.29, 0.717) is 0 Å². The van der Waals surface area contributed by atoms with Crippen molar-refractivity contribution in [2.45, 2.75) is 25.4 Å². The number of aliphatic hydroxyl groups excluding tert-OH is 1. The second-order valence-corrected chi connectivity index (χ2v) is 6.57. The van der Waals surface area contributed by atoms with Crippen LogP contribution in [0.1, 0.15) is 34.9 Å². The second-order valence-electron chi connectivity index (χ2n) is 6.16. The van der Waals surface area contributed by atoms with Gasteiger partial charge in [0, 0.05) is 31.2 Å². The summed E-state index contributed by atoms with van der Waals surface area (Å²) in [4.78, 5) is 14.2. The van der Waals surface area contributed by atoms with Crippen molar-refractivity contribution in [3.8, 4) is 0 Å². The lowest BCUT2D eigenvalue weighted by Crippen LogP contribution is -2.34. The first-order chi connectivity index (χ1) is 12.2. The van der Waals surface area contributed by atoms with E-state index in [9.17, 15) is 4.79 Å². The number of rotatable bonds is 6. The molecule has 3 rings (SSSR count). The fourth-order valence-corrected chi connectivity index (χ4v) is 3.22. The molecule has 2 aromatic rings. The number of aromatic nitrogens is 3. The lowest BCUT2D eigenvalue weighted by Gasteiger charge is -2.31. The molecule has 2 N–H and O–H groups in total. The minimum atomic E-state index is -0.309. The molecule has 1 saturated heterocycles. The van der Waals surface area contributed by atoms with Crippen molar-refractivity contribution in [3.05, 3.63) is 46.7 Å². The number of nitrogens with one attached hydrogen (secondary N) is 1. The van der Waals surface area contributed by atoms with Gasteiger partial charge in [-0.2, -0.15) is 0 Å². The lowest BCUT2D eigenvalue weighted by atomic mass is 10.0. The Hall–Kier alpha value is -1.96. The number of halogens is 1. The predicted molar refractivity (Wildman–Crippen MR) is 94.4 cm³/mol. The summed E-state index contributed by atoms with van der Waals surface area (Å²) < 4.78 is 1.78. The summed E-state index contributed by atoms with van der Waals surface area (Å²) in [5.74, 6) is -0.309. The highest BCUT2D eigenvalue weighted by Crippen LogP contribution is 2.24. The van der Waals surface area contributed by atoms with Gasteiger partial charge in [-0.1, -0.05) is 35.0 Å². The number of carbonyl (C=O) groups excluding carboxylic acids is 1. The van der Waals surface area contributed by atoms with Crippen molar-refractivity contribution in [3.63, 3.8) is 0 Å². The highest BCUT2D eigenvalue weighted by atomic mass is 35.5. The second kappa shape index (κ2) is 8.42. The molecule has 25 heavy (non-hydrogen) atoms. The molecule has 1 amide bonds. The van der Waals surface area contributed by atoms with Crippen LogP contribution < -0.4 is 5.32 Å². The Bertz CT molecular complexity index is 713. The third kappa shape index (κ3) is 4.56. The molecule has 1 aromatic heterocycles. The van der Waals surface area contributed by atoms with E-state index in [2.05, 4.69) is 26.6 Å². The van der Waals surface area contributed by atoms with E-state index in [1.165, 1.54) is 0 Å². The van der Waals surface area contributed by atoms with Gasteiger partial charge >= 0.3 is 0 Å². The standard InChI is InChI=1S/C17H22ClN5O2/c18-15-4-2-1-3-13(15)11-22-8-5-14(6-9-22)23-12-16(20-21-23)17(25)19-7-10-24/h1-4,12,14,24H,5-11H2,(H,19,25). The van der Waals surface area contributed by atoms with Crippen LogP contribution in [0.2, 0.25) is 5.02 Å². The molecule has 7 nitrogen and oxygen atoms in total. The van der Waals surface area contributed by atoms with E-state index >= 15 is 0 Å². The molecular weight excluding hydrogens is 342 g/mol. The SMILES string of the molecule is O=C(NCCO)c1cn(C2CCN(Cc3ccccc3Cl)CC2)nn1. The van der Waals surface area contributed by atoms with E-state index in [4.69, 9.17) is 16.7 Å². The average molecular weight is 364 g/mol. The number of amides is 1. The van der Waals surface area contributed by atoms with Gasteiger partial charge < -0.3 is 10.4 Å². The molecular formula is C17H22ClN5O2. The Kier molecular flexibility index (Phi) is 6.01. The average Bonchev–Trinajstić information content (AvgIpc) is 3.12. The fraction of sp³-hybridized carbons (Fsp3) is 0.471. The number of aliphatic hydroxyl groups is 1. The van der Waals surface area contributed by atoms with Crippen molar-refractivity contribution in [1.29, 1.82) is 0 Å². The van der Waals surface area contributed by atoms with Crippen LogP contribution in [0, 0.1) is 0 Å². The zero-order valence-electron chi connectivity index (χ0n) is 13.9. The van der Waals surface area contributed by atoms with Gasteiger partial charge in [-0.15, -0.1) is 5.10 Å². The number of piperidine rings is 1. The first kappa shape index (κ1) is 17.8. The van der Waals surface area contributed by atoms with Crippen molar-refractivity contribution in [1.82, 2.24) is 25.2 Å². The van der Waals surface area contributed by atoms with Crippen LogP contribution in [0.15, 0.2) is 30.5 Å². The molecule has 0 bridgehead atoms. The molecule has 0 spiro atoms. The van der Waals surface area contributed by atoms with E-state index < -0.39 is 0 Å². The third-order valence-corrected chi connectivity index (χ3v) is 4.79. The smallest absolute Gasteiger partial charge is 0.273 e. The molecule has 2 heterocycles. The number of hydrogen-bond donors (Lipinski definition) is 2. The summed E-state index contributed by atoms with van der Waals surface area (Å²) in [6.45, 7) is 2.86. The molecule has 0 atom stereocenters. The highest BCUT2D eigenvalue weighted by Gasteiger charge is 2.23. The van der Waals surface area contributed by atoms with Gasteiger partial charge in [-0.05, 0) is 24.5 Å². The quantitative estimate of drug-likeness (QED) is 0.812. The van der Waals surface area contributed by atoms with Crippen molar-refractivity contribution >= 4 is 17.5 Å². The topological polar surface area (TPSA) is 83.3 Å². The Morgan fingerprint density at radius 2 is 2.08 bits per heavy atom. The van der Waals surface area contributed by atoms with Gasteiger partial charge in [-0.25, -0.2) is 4.68 Å². The van der Waals surface area contributed by atoms with Gasteiger partial charge in [0.2, 0.25) is 0 Å². The van der Waals surface area contributed by atoms with E-state index in [0.717, 1.165) is 43.1 Å². The third-order valence-electron chi connectivity index (χ3n) is 4.42. The predicted octanol–water partition coefficient (Wildman–Crippen LogP) is 1.49. The van der Waals surface area contributed by atoms with Crippen LogP contribution in [-0.2, 0) is 6.54 Å². The van der Waals surface area contributed by atoms with E-state index in [1.54, 1.807) is 10.9 Å². The Morgan fingerprint density at radius 3 is 2.80 bits per heavy atom. The Labute approximate surface area is 151 Å². The first-order valence-corrected chi connectivity index (χ1v) is 8.82. The molecule has 1 aliphatic rings. The lowest BCUT2D eigenvalue weighted by molar-refractivity contribution is 0.0939. The van der Waals surface area contributed by atoms with Crippen molar-refractivity contribution in [2.75, 3.05) is 26.2 Å². The maximum absolute atomic E-state index is 11.8. The molecule has 134 valence electrons. The Morgan fingerprint density at radius 1 is 1.32 bits per heavy atom. The van der Waals surface area contributed by atoms with Crippen LogP contribution in [0.25, 0.3) is 0 Å². The summed E-state index contributed by atoms with van der Waals surface area (Å²) in [5.41, 5.74) is 1.43. The monoisotopic (exact) mass is 363 g/mol. The molecule has 8 heteroatoms. The number of carbonyl (C=O) groups is 1. The summed E-state index contributed by atoms with van der Waals surface area (Å²) >= 11 is 6.23. The van der Waals surface area contributed by atoms with Crippen LogP contribution in [0.3, 0.4) is 0 Å². The van der Waals surface area contributed by atoms with Crippen LogP contribution >= 0.6 is 11.6 Å². The van der Waals surface area contributed by atoms with Gasteiger partial charge in [0.1, 0.15) is 0 Å². The Balaban J connectivity index is 1.53. The molecule has 0 saturated carbocycles. The van der Waals surface area contributed by atoms with E-state index in [-0.39, 0.29) is 30.8 Å². The summed E-state index contributed by atoms with van der Waals surface area (Å²) in [5, 5.41) is 20.2. The molecule has 0 aliphatic carbocycles. The van der Waals surface area contributed by atoms with Crippen LogP contribution in [0.5, 0.6) is 0 Å². The summed E-state index contributed by atoms with van der Waals surface area (Å²) in [7, 11) is 0. The van der Waals surface area contributed by atoms with Crippen LogP contribution in [0.4, 0.5) is 0 Å². The minimum absolute atomic E-state index is 0.0935. The van der Waals surface area contributed by atoms with Gasteiger partial charge in [0.05, 0.1) is 18.8 Å². The highest BCUT2D eigenvalue weighted by molar-refractivity contribution is 6.31. The largest absolute Gasteiger partial charge is 0.395 e. The van der Waals surface area contributed by atoms with Crippen molar-refractivity contribution in [2.24, 2.45) is 0 Å². The first-order valence-electron chi connectivity index (χ1n) is 8.44. The maximum Gasteiger partial charge on any atom is 0.273 e. The van der Waals surface area contributed by atoms with Crippen LogP contribution in [-0.4, -0.2) is 57.1 Å². The normalized spacial score (nSPS) is 16.1. The molecule has 0 radical (unpaired) electrons. The zero-order chi connectivity index (χ0) is 17.6. The zero-order valence-corrected chi connectivity index (χ0v) is 14.7. The van der Waals surface area contributed by atoms with E-state index in [1.807, 2.05) is 18.2 Å². The maximum atomic E-state index is 11.8. The molecule has 1 fully saturated rings. The fourth-order valence-electron chi connectivity index (χ4n) is 3.03. The number of likely N-dealkylation sites (tertiary alicyclic amines) is 1. The molecule has 1 aliphatic heterocycles. The van der Waals surface area contributed by atoms with Gasteiger partial charge in [0.25, 0.3) is 5.91 Å². The number of nitrogens with zero attached hydrogens (tertiary/aromatic N) is 4. The van der Waals surface area contributed by atoms with Gasteiger partial charge in [0.15, 0.2) is 5.69 Å². The summed E-state index contributed by atoms with van der Waals surface area (Å²) in [6, 6.07) is 8.17. The minimum Gasteiger partial charge on any atom is -0.395 e. The summed E-state index contributed by atoms with van der Waals surface area (Å²) in [6.07, 6.45) is 3.58. The number of benzene rings is 1. The van der Waals surface area contributed by atoms with Crippen molar-refractivity contribution < 1.29 is 9.90 Å². The van der Waals surface area contributed by atoms with Gasteiger partial charge in [-0.3, -0.25) is 9.69 Å². The molecule has 1 aromatic carbocycles. The molecule has 0 unspecified atom stereocenters.